The van der Waals surface area contributed by atoms with Crippen LogP contribution < -0.4 is 11.1 Å². The van der Waals surface area contributed by atoms with E-state index in [1.54, 1.807) is 5.38 Å². The van der Waals surface area contributed by atoms with Crippen LogP contribution in [0.5, 0.6) is 0 Å². The number of primary amides is 1. The lowest BCUT2D eigenvalue weighted by atomic mass is 10.3. The van der Waals surface area contributed by atoms with E-state index in [0.717, 1.165) is 0 Å². The monoisotopic (exact) mass is 297 g/mol. The van der Waals surface area contributed by atoms with E-state index in [9.17, 15) is 14.4 Å². The SMILES string of the molecule is C=CCN(CC(=O)O)CC(=O)Nc1sccc1C(N)=O. The van der Waals surface area contributed by atoms with Gasteiger partial charge in [0.15, 0.2) is 0 Å². The Balaban J connectivity index is 2.65. The second-order valence-corrected chi connectivity index (χ2v) is 4.84. The molecule has 108 valence electrons. The third-order valence-electron chi connectivity index (χ3n) is 2.30. The number of nitrogens with two attached hydrogens (primary N) is 1. The smallest absolute Gasteiger partial charge is 0.317 e. The van der Waals surface area contributed by atoms with Crippen LogP contribution in [0.2, 0.25) is 0 Å². The standard InChI is InChI=1S/C12H15N3O4S/c1-2-4-15(7-10(17)18)6-9(16)14-12-8(11(13)19)3-5-20-12/h2-3,5H,1,4,6-7H2,(H2,13,19)(H,14,16)(H,17,18). The molecule has 0 bridgehead atoms. The molecule has 0 spiro atoms. The zero-order valence-electron chi connectivity index (χ0n) is 10.7. The van der Waals surface area contributed by atoms with Gasteiger partial charge in [-0.1, -0.05) is 6.08 Å². The molecule has 1 rings (SSSR count). The Morgan fingerprint density at radius 3 is 2.70 bits per heavy atom. The molecule has 0 radical (unpaired) electrons. The van der Waals surface area contributed by atoms with Crippen molar-refractivity contribution in [3.63, 3.8) is 0 Å². The summed E-state index contributed by atoms with van der Waals surface area (Å²) < 4.78 is 0. The molecule has 0 aliphatic heterocycles. The number of hydrogen-bond acceptors (Lipinski definition) is 5. The van der Waals surface area contributed by atoms with Gasteiger partial charge in [0.1, 0.15) is 5.00 Å². The number of carboxylic acids is 1. The molecular weight excluding hydrogens is 282 g/mol. The van der Waals surface area contributed by atoms with Crippen LogP contribution in [0, 0.1) is 0 Å². The number of rotatable bonds is 8. The second kappa shape index (κ2) is 7.41. The highest BCUT2D eigenvalue weighted by Gasteiger charge is 2.16. The number of nitrogens with zero attached hydrogens (tertiary/aromatic N) is 1. The Morgan fingerprint density at radius 1 is 1.45 bits per heavy atom. The van der Waals surface area contributed by atoms with Crippen molar-refractivity contribution in [2.75, 3.05) is 25.0 Å². The molecule has 7 nitrogen and oxygen atoms in total. The topological polar surface area (TPSA) is 113 Å². The maximum atomic E-state index is 11.8. The fourth-order valence-electron chi connectivity index (χ4n) is 1.53. The van der Waals surface area contributed by atoms with Crippen molar-refractivity contribution in [2.45, 2.75) is 0 Å². The van der Waals surface area contributed by atoms with Crippen molar-refractivity contribution >= 4 is 34.1 Å². The minimum Gasteiger partial charge on any atom is -0.480 e. The molecule has 0 saturated heterocycles. The summed E-state index contributed by atoms with van der Waals surface area (Å²) in [6, 6.07) is 1.52. The summed E-state index contributed by atoms with van der Waals surface area (Å²) in [6.45, 7) is 3.39. The lowest BCUT2D eigenvalue weighted by Crippen LogP contribution is -2.37. The zero-order valence-corrected chi connectivity index (χ0v) is 11.5. The Labute approximate surface area is 119 Å². The van der Waals surface area contributed by atoms with Crippen molar-refractivity contribution in [1.82, 2.24) is 4.90 Å². The third kappa shape index (κ3) is 4.82. The van der Waals surface area contributed by atoms with E-state index in [4.69, 9.17) is 10.8 Å². The normalized spacial score (nSPS) is 10.2. The number of amides is 2. The van der Waals surface area contributed by atoms with E-state index < -0.39 is 17.8 Å². The summed E-state index contributed by atoms with van der Waals surface area (Å²) in [7, 11) is 0. The average molecular weight is 297 g/mol. The predicted molar refractivity (Wildman–Crippen MR) is 75.7 cm³/mol. The third-order valence-corrected chi connectivity index (χ3v) is 3.13. The van der Waals surface area contributed by atoms with Gasteiger partial charge in [0.25, 0.3) is 5.91 Å². The van der Waals surface area contributed by atoms with E-state index in [-0.39, 0.29) is 25.2 Å². The lowest BCUT2D eigenvalue weighted by Gasteiger charge is -2.17. The summed E-state index contributed by atoms with van der Waals surface area (Å²) in [5.74, 6) is -2.08. The fraction of sp³-hybridized carbons (Fsp3) is 0.250. The van der Waals surface area contributed by atoms with Crippen LogP contribution in [-0.4, -0.2) is 47.4 Å². The maximum Gasteiger partial charge on any atom is 0.317 e. The van der Waals surface area contributed by atoms with E-state index in [1.165, 1.54) is 28.4 Å². The molecule has 0 saturated carbocycles. The molecule has 0 atom stereocenters. The molecular formula is C12H15N3O4S. The van der Waals surface area contributed by atoms with Crippen molar-refractivity contribution in [3.8, 4) is 0 Å². The summed E-state index contributed by atoms with van der Waals surface area (Å²) in [6.07, 6.45) is 1.51. The molecule has 2 amide bonds. The van der Waals surface area contributed by atoms with Crippen LogP contribution in [0.25, 0.3) is 0 Å². The number of nitrogens with one attached hydrogen (secondary N) is 1. The van der Waals surface area contributed by atoms with Crippen molar-refractivity contribution in [3.05, 3.63) is 29.7 Å². The summed E-state index contributed by atoms with van der Waals surface area (Å²) >= 11 is 1.17. The number of aliphatic carboxylic acids is 1. The van der Waals surface area contributed by atoms with Gasteiger partial charge in [0.2, 0.25) is 5.91 Å². The van der Waals surface area contributed by atoms with Gasteiger partial charge in [-0.05, 0) is 11.4 Å². The van der Waals surface area contributed by atoms with Crippen LogP contribution in [0.4, 0.5) is 5.00 Å². The largest absolute Gasteiger partial charge is 0.480 e. The van der Waals surface area contributed by atoms with Gasteiger partial charge in [0.05, 0.1) is 18.7 Å². The number of carboxylic acid groups (broad SMARTS) is 1. The molecule has 1 aromatic heterocycles. The van der Waals surface area contributed by atoms with Gasteiger partial charge in [-0.3, -0.25) is 19.3 Å². The quantitative estimate of drug-likeness (QED) is 0.600. The van der Waals surface area contributed by atoms with Crippen molar-refractivity contribution in [2.24, 2.45) is 5.73 Å². The summed E-state index contributed by atoms with van der Waals surface area (Å²) in [5.41, 5.74) is 5.40. The van der Waals surface area contributed by atoms with Gasteiger partial charge < -0.3 is 16.2 Å². The van der Waals surface area contributed by atoms with E-state index in [1.807, 2.05) is 0 Å². The van der Waals surface area contributed by atoms with Crippen molar-refractivity contribution in [1.29, 1.82) is 0 Å². The van der Waals surface area contributed by atoms with Crippen LogP contribution in [0.1, 0.15) is 10.4 Å². The van der Waals surface area contributed by atoms with Gasteiger partial charge in [0, 0.05) is 6.54 Å². The van der Waals surface area contributed by atoms with Gasteiger partial charge in [-0.15, -0.1) is 17.9 Å². The molecule has 4 N–H and O–H groups in total. The fourth-order valence-corrected chi connectivity index (χ4v) is 2.34. The number of carbonyl (C=O) groups excluding carboxylic acids is 2. The highest BCUT2D eigenvalue weighted by atomic mass is 32.1. The molecule has 0 aromatic carbocycles. The predicted octanol–water partition coefficient (Wildman–Crippen LogP) is 0.358. The minimum absolute atomic E-state index is 0.117. The lowest BCUT2D eigenvalue weighted by molar-refractivity contribution is -0.138. The Morgan fingerprint density at radius 2 is 2.15 bits per heavy atom. The molecule has 8 heteroatoms. The molecule has 0 unspecified atom stereocenters. The van der Waals surface area contributed by atoms with Gasteiger partial charge >= 0.3 is 5.97 Å². The van der Waals surface area contributed by atoms with Gasteiger partial charge in [-0.25, -0.2) is 0 Å². The molecule has 0 fully saturated rings. The average Bonchev–Trinajstić information content (AvgIpc) is 2.76. The molecule has 20 heavy (non-hydrogen) atoms. The first-order chi connectivity index (χ1) is 9.43. The zero-order chi connectivity index (χ0) is 15.1. The van der Waals surface area contributed by atoms with Crippen LogP contribution in [0.15, 0.2) is 24.1 Å². The Hall–Kier alpha value is -2.19. The Kier molecular flexibility index (Phi) is 5.88. The van der Waals surface area contributed by atoms with Crippen molar-refractivity contribution < 1.29 is 19.5 Å². The van der Waals surface area contributed by atoms with Gasteiger partial charge in [-0.2, -0.15) is 0 Å². The van der Waals surface area contributed by atoms with Crippen LogP contribution >= 0.6 is 11.3 Å². The number of hydrogen-bond donors (Lipinski definition) is 3. The highest BCUT2D eigenvalue weighted by Crippen LogP contribution is 2.22. The van der Waals surface area contributed by atoms with E-state index in [0.29, 0.717) is 5.00 Å². The first kappa shape index (κ1) is 15.9. The first-order valence-electron chi connectivity index (χ1n) is 5.66. The molecule has 0 aliphatic rings. The second-order valence-electron chi connectivity index (χ2n) is 3.93. The number of anilines is 1. The minimum atomic E-state index is -1.03. The number of carbonyl (C=O) groups is 3. The number of thiophene rings is 1. The Bertz CT molecular complexity index is 527. The highest BCUT2D eigenvalue weighted by molar-refractivity contribution is 7.14. The molecule has 1 aromatic rings. The molecule has 0 aliphatic carbocycles. The summed E-state index contributed by atoms with van der Waals surface area (Å²) in [4.78, 5) is 35.0. The maximum absolute atomic E-state index is 11.8. The first-order valence-corrected chi connectivity index (χ1v) is 6.54. The van der Waals surface area contributed by atoms with Crippen LogP contribution in [-0.2, 0) is 9.59 Å². The molecule has 1 heterocycles. The van der Waals surface area contributed by atoms with E-state index in [2.05, 4.69) is 11.9 Å². The summed E-state index contributed by atoms with van der Waals surface area (Å²) in [5, 5.41) is 13.3. The van der Waals surface area contributed by atoms with Crippen LogP contribution in [0.3, 0.4) is 0 Å². The van der Waals surface area contributed by atoms with E-state index >= 15 is 0 Å².